The molecular formula is C14H8F6. The van der Waals surface area contributed by atoms with Crippen LogP contribution in [0.3, 0.4) is 0 Å². The Hall–Kier alpha value is -1.98. The van der Waals surface area contributed by atoms with Crippen LogP contribution in [0.1, 0.15) is 12.0 Å². The predicted octanol–water partition coefficient (Wildman–Crippen LogP) is 4.79. The topological polar surface area (TPSA) is 0 Å². The van der Waals surface area contributed by atoms with Crippen molar-refractivity contribution in [2.45, 2.75) is 12.8 Å². The fourth-order valence-corrected chi connectivity index (χ4v) is 2.03. The van der Waals surface area contributed by atoms with E-state index in [1.54, 1.807) is 0 Å². The highest BCUT2D eigenvalue weighted by atomic mass is 19.2. The van der Waals surface area contributed by atoms with Crippen LogP contribution in [0.15, 0.2) is 18.7 Å². The number of allylic oxidation sites excluding steroid dienone is 1. The minimum Gasteiger partial charge on any atom is -0.206 e. The fraction of sp³-hybridized carbons (Fsp3) is 0.143. The summed E-state index contributed by atoms with van der Waals surface area (Å²) in [7, 11) is 0. The maximum Gasteiger partial charge on any atom is 0.195 e. The van der Waals surface area contributed by atoms with Gasteiger partial charge in [0.1, 0.15) is 5.82 Å². The number of halogens is 6. The van der Waals surface area contributed by atoms with Gasteiger partial charge >= 0.3 is 0 Å². The number of hydrogen-bond acceptors (Lipinski definition) is 0. The molecule has 0 heterocycles. The molecule has 2 rings (SSSR count). The van der Waals surface area contributed by atoms with Crippen LogP contribution in [0.4, 0.5) is 26.3 Å². The summed E-state index contributed by atoms with van der Waals surface area (Å²) in [5.41, 5.74) is -0.546. The summed E-state index contributed by atoms with van der Waals surface area (Å²) in [6.45, 7) is 3.36. The van der Waals surface area contributed by atoms with Gasteiger partial charge in [-0.05, 0) is 12.8 Å². The molecular weight excluding hydrogens is 282 g/mol. The molecule has 0 N–H and O–H groups in total. The zero-order valence-electron chi connectivity index (χ0n) is 10.0. The molecule has 0 aliphatic carbocycles. The van der Waals surface area contributed by atoms with Crippen molar-refractivity contribution in [3.05, 3.63) is 59.2 Å². The Labute approximate surface area is 110 Å². The highest BCUT2D eigenvalue weighted by molar-refractivity contribution is 5.88. The second-order valence-electron chi connectivity index (χ2n) is 4.15. The minimum absolute atomic E-state index is 0.134. The lowest BCUT2D eigenvalue weighted by atomic mass is 9.98. The highest BCUT2D eigenvalue weighted by Crippen LogP contribution is 2.33. The first-order valence-corrected chi connectivity index (χ1v) is 5.63. The summed E-state index contributed by atoms with van der Waals surface area (Å²) in [6.07, 6.45) is 1.27. The lowest BCUT2D eigenvalue weighted by molar-refractivity contribution is 0.440. The van der Waals surface area contributed by atoms with Gasteiger partial charge in [0.25, 0.3) is 0 Å². The Morgan fingerprint density at radius 2 is 1.45 bits per heavy atom. The Morgan fingerprint density at radius 1 is 0.800 bits per heavy atom. The molecule has 6 heteroatoms. The predicted molar refractivity (Wildman–Crippen MR) is 62.2 cm³/mol. The van der Waals surface area contributed by atoms with Crippen LogP contribution in [0.25, 0.3) is 10.8 Å². The van der Waals surface area contributed by atoms with E-state index >= 15 is 0 Å². The Morgan fingerprint density at radius 3 is 2.05 bits per heavy atom. The molecule has 0 radical (unpaired) electrons. The summed E-state index contributed by atoms with van der Waals surface area (Å²) in [5, 5.41) is -2.01. The minimum atomic E-state index is -1.96. The number of aryl methyl sites for hydroxylation is 1. The Balaban J connectivity index is 2.98. The quantitative estimate of drug-likeness (QED) is 0.330. The van der Waals surface area contributed by atoms with Gasteiger partial charge < -0.3 is 0 Å². The molecule has 0 atom stereocenters. The first kappa shape index (κ1) is 14.4. The Kier molecular flexibility index (Phi) is 3.74. The van der Waals surface area contributed by atoms with E-state index in [1.165, 1.54) is 6.08 Å². The van der Waals surface area contributed by atoms with Gasteiger partial charge in [0.05, 0.1) is 5.39 Å². The highest BCUT2D eigenvalue weighted by Gasteiger charge is 2.26. The third kappa shape index (κ3) is 2.05. The largest absolute Gasteiger partial charge is 0.206 e. The van der Waals surface area contributed by atoms with Gasteiger partial charge in [0.2, 0.25) is 0 Å². The molecule has 0 saturated heterocycles. The maximum absolute atomic E-state index is 13.7. The first-order chi connectivity index (χ1) is 9.40. The van der Waals surface area contributed by atoms with E-state index < -0.39 is 51.2 Å². The zero-order chi connectivity index (χ0) is 15.0. The van der Waals surface area contributed by atoms with Crippen LogP contribution in [-0.2, 0) is 6.42 Å². The van der Waals surface area contributed by atoms with Crippen molar-refractivity contribution >= 4 is 10.8 Å². The number of rotatable bonds is 3. The molecule has 0 aliphatic rings. The fourth-order valence-electron chi connectivity index (χ4n) is 2.03. The van der Waals surface area contributed by atoms with Crippen LogP contribution in [0.2, 0.25) is 0 Å². The van der Waals surface area contributed by atoms with Crippen LogP contribution in [0.5, 0.6) is 0 Å². The molecule has 2 aromatic rings. The van der Waals surface area contributed by atoms with Gasteiger partial charge in [0, 0.05) is 17.0 Å². The van der Waals surface area contributed by atoms with E-state index in [-0.39, 0.29) is 18.9 Å². The maximum atomic E-state index is 13.7. The molecule has 0 saturated carbocycles. The Bertz CT molecular complexity index is 705. The van der Waals surface area contributed by atoms with Gasteiger partial charge in [-0.2, -0.15) is 0 Å². The SMILES string of the molecule is C=CCCc1c(F)c(F)c(F)c2c(F)c(F)cc(F)c12. The van der Waals surface area contributed by atoms with Gasteiger partial charge in [-0.3, -0.25) is 0 Å². The van der Waals surface area contributed by atoms with Crippen molar-refractivity contribution in [1.29, 1.82) is 0 Å². The molecule has 106 valence electrons. The molecule has 0 aliphatic heterocycles. The summed E-state index contributed by atoms with van der Waals surface area (Å²) >= 11 is 0. The smallest absolute Gasteiger partial charge is 0.195 e. The molecule has 0 aromatic heterocycles. The van der Waals surface area contributed by atoms with Crippen molar-refractivity contribution < 1.29 is 26.3 Å². The number of hydrogen-bond donors (Lipinski definition) is 0. The van der Waals surface area contributed by atoms with E-state index in [2.05, 4.69) is 6.58 Å². The summed E-state index contributed by atoms with van der Waals surface area (Å²) in [6, 6.07) is 0.172. The molecule has 0 spiro atoms. The standard InChI is InChI=1S/C14H8F6/c1-2-3-4-6-9-7(15)5-8(16)12(18)10(9)13(19)14(20)11(6)17/h2,5H,1,3-4H2. The summed E-state index contributed by atoms with van der Waals surface area (Å²) in [4.78, 5) is 0. The second kappa shape index (κ2) is 5.19. The summed E-state index contributed by atoms with van der Waals surface area (Å²) in [5.74, 6) is -10.3. The van der Waals surface area contributed by atoms with Gasteiger partial charge in [0.15, 0.2) is 29.1 Å². The van der Waals surface area contributed by atoms with Gasteiger partial charge in [-0.25, -0.2) is 26.3 Å². The second-order valence-corrected chi connectivity index (χ2v) is 4.15. The molecule has 0 unspecified atom stereocenters. The van der Waals surface area contributed by atoms with Gasteiger partial charge in [-0.1, -0.05) is 6.08 Å². The molecule has 0 amide bonds. The van der Waals surface area contributed by atoms with E-state index in [1.807, 2.05) is 0 Å². The van der Waals surface area contributed by atoms with Crippen molar-refractivity contribution in [2.75, 3.05) is 0 Å². The van der Waals surface area contributed by atoms with E-state index in [9.17, 15) is 26.3 Å². The van der Waals surface area contributed by atoms with Crippen LogP contribution in [-0.4, -0.2) is 0 Å². The van der Waals surface area contributed by atoms with Crippen molar-refractivity contribution in [2.24, 2.45) is 0 Å². The van der Waals surface area contributed by atoms with Gasteiger partial charge in [-0.15, -0.1) is 6.58 Å². The monoisotopic (exact) mass is 290 g/mol. The summed E-state index contributed by atoms with van der Waals surface area (Å²) < 4.78 is 81.0. The third-order valence-corrected chi connectivity index (χ3v) is 2.94. The van der Waals surface area contributed by atoms with Crippen molar-refractivity contribution in [3.8, 4) is 0 Å². The normalized spacial score (nSPS) is 11.1. The molecule has 0 bridgehead atoms. The zero-order valence-corrected chi connectivity index (χ0v) is 10.0. The van der Waals surface area contributed by atoms with E-state index in [0.29, 0.717) is 0 Å². The lowest BCUT2D eigenvalue weighted by Crippen LogP contribution is -2.05. The average Bonchev–Trinajstić information content (AvgIpc) is 2.41. The first-order valence-electron chi connectivity index (χ1n) is 5.63. The van der Waals surface area contributed by atoms with Crippen molar-refractivity contribution in [3.63, 3.8) is 0 Å². The average molecular weight is 290 g/mol. The van der Waals surface area contributed by atoms with Crippen LogP contribution in [0, 0.1) is 34.9 Å². The van der Waals surface area contributed by atoms with E-state index in [4.69, 9.17) is 0 Å². The van der Waals surface area contributed by atoms with E-state index in [0.717, 1.165) is 0 Å². The molecule has 0 fully saturated rings. The molecule has 0 nitrogen and oxygen atoms in total. The molecule has 20 heavy (non-hydrogen) atoms. The lowest BCUT2D eigenvalue weighted by Gasteiger charge is -2.12. The molecule has 2 aromatic carbocycles. The van der Waals surface area contributed by atoms with Crippen molar-refractivity contribution in [1.82, 2.24) is 0 Å². The number of fused-ring (bicyclic) bond motifs is 1. The third-order valence-electron chi connectivity index (χ3n) is 2.94. The van der Waals surface area contributed by atoms with Crippen LogP contribution >= 0.6 is 0 Å². The van der Waals surface area contributed by atoms with Crippen LogP contribution < -0.4 is 0 Å². The number of benzene rings is 2.